The monoisotopic (exact) mass is 663 g/mol. The second kappa shape index (κ2) is 12.3. The van der Waals surface area contributed by atoms with E-state index in [1.165, 1.54) is 10.8 Å². The van der Waals surface area contributed by atoms with Crippen LogP contribution in [0.5, 0.6) is 0 Å². The molecule has 0 aliphatic rings. The van der Waals surface area contributed by atoms with E-state index in [1.54, 1.807) is 0 Å². The first-order valence-electron chi connectivity index (χ1n) is 17.3. The van der Waals surface area contributed by atoms with Crippen molar-refractivity contribution in [3.63, 3.8) is 0 Å². The molecule has 0 saturated carbocycles. The van der Waals surface area contributed by atoms with Gasteiger partial charge in [0.2, 0.25) is 0 Å². The van der Waals surface area contributed by atoms with Crippen LogP contribution in [0.25, 0.3) is 100 Å². The molecule has 0 bridgehead atoms. The van der Waals surface area contributed by atoms with E-state index in [4.69, 9.17) is 24.9 Å². The molecule has 7 aromatic carbocycles. The minimum Gasteiger partial charge on any atom is -0.248 e. The number of pyridine rings is 2. The second-order valence-corrected chi connectivity index (χ2v) is 12.9. The first kappa shape index (κ1) is 29.8. The van der Waals surface area contributed by atoms with Crippen molar-refractivity contribution in [3.8, 4) is 56.7 Å². The Balaban J connectivity index is 1.19. The van der Waals surface area contributed by atoms with Crippen LogP contribution in [0.4, 0.5) is 0 Å². The van der Waals surface area contributed by atoms with Gasteiger partial charge in [-0.1, -0.05) is 133 Å². The fourth-order valence-electron chi connectivity index (χ4n) is 7.10. The molecule has 0 saturated heterocycles. The molecular weight excluding hydrogens is 635 g/mol. The highest BCUT2D eigenvalue weighted by atomic mass is 15.0. The van der Waals surface area contributed by atoms with E-state index in [-0.39, 0.29) is 0 Å². The lowest BCUT2D eigenvalue weighted by atomic mass is 9.95. The van der Waals surface area contributed by atoms with E-state index in [9.17, 15) is 0 Å². The Morgan fingerprint density at radius 3 is 1.52 bits per heavy atom. The number of nitrogens with zero attached hydrogens (tertiary/aromatic N) is 5. The molecule has 10 aromatic rings. The summed E-state index contributed by atoms with van der Waals surface area (Å²) < 4.78 is 0. The molecule has 0 aliphatic carbocycles. The van der Waals surface area contributed by atoms with Gasteiger partial charge in [-0.2, -0.15) is 0 Å². The predicted molar refractivity (Wildman–Crippen MR) is 213 cm³/mol. The smallest absolute Gasteiger partial charge is 0.164 e. The van der Waals surface area contributed by atoms with Crippen LogP contribution in [0.15, 0.2) is 176 Å². The van der Waals surface area contributed by atoms with Gasteiger partial charge in [0.25, 0.3) is 0 Å². The van der Waals surface area contributed by atoms with Crippen molar-refractivity contribution in [1.82, 2.24) is 24.9 Å². The van der Waals surface area contributed by atoms with Gasteiger partial charge >= 0.3 is 0 Å². The van der Waals surface area contributed by atoms with Crippen molar-refractivity contribution in [2.75, 3.05) is 0 Å². The molecule has 0 aliphatic heterocycles. The molecule has 0 amide bonds. The molecule has 3 heterocycles. The standard InChI is InChI=1S/C47H29N5/c1-4-13-31(14-5-1)44-43-37(23-27-41-38(43)24-26-40(48-41)35-21-20-30-12-10-11-19-34(30)28-35)39-29-36(22-25-42(39)49-44)47-51-45(32-15-6-2-7-16-32)50-46(52-47)33-17-8-3-9-18-33/h1-29H. The molecule has 5 nitrogen and oxygen atoms in total. The Bertz CT molecular complexity index is 2890. The third kappa shape index (κ3) is 5.24. The Labute approximate surface area is 300 Å². The normalized spacial score (nSPS) is 11.5. The predicted octanol–water partition coefficient (Wildman–Crippen LogP) is 11.6. The minimum atomic E-state index is 0.609. The van der Waals surface area contributed by atoms with E-state index < -0.39 is 0 Å². The van der Waals surface area contributed by atoms with Crippen LogP contribution in [-0.4, -0.2) is 24.9 Å². The van der Waals surface area contributed by atoms with Gasteiger partial charge < -0.3 is 0 Å². The van der Waals surface area contributed by atoms with Gasteiger partial charge in [-0.15, -0.1) is 0 Å². The van der Waals surface area contributed by atoms with Crippen LogP contribution in [0.2, 0.25) is 0 Å². The van der Waals surface area contributed by atoms with Gasteiger partial charge in [0, 0.05) is 44.0 Å². The summed E-state index contributed by atoms with van der Waals surface area (Å²) >= 11 is 0. The molecule has 0 spiro atoms. The average molecular weight is 664 g/mol. The van der Waals surface area contributed by atoms with Crippen LogP contribution < -0.4 is 0 Å². The highest BCUT2D eigenvalue weighted by Gasteiger charge is 2.17. The first-order valence-corrected chi connectivity index (χ1v) is 17.3. The Morgan fingerprint density at radius 2 is 0.827 bits per heavy atom. The van der Waals surface area contributed by atoms with Crippen LogP contribution in [0.3, 0.4) is 0 Å². The zero-order valence-corrected chi connectivity index (χ0v) is 28.0. The number of hydrogen-bond acceptors (Lipinski definition) is 5. The highest BCUT2D eigenvalue weighted by molar-refractivity contribution is 6.21. The molecule has 0 unspecified atom stereocenters. The number of aromatic nitrogens is 5. The molecule has 52 heavy (non-hydrogen) atoms. The van der Waals surface area contributed by atoms with Gasteiger partial charge in [-0.3, -0.25) is 0 Å². The van der Waals surface area contributed by atoms with Gasteiger partial charge in [0.1, 0.15) is 0 Å². The summed E-state index contributed by atoms with van der Waals surface area (Å²) in [6.07, 6.45) is 0. The summed E-state index contributed by atoms with van der Waals surface area (Å²) in [7, 11) is 0. The van der Waals surface area contributed by atoms with Crippen molar-refractivity contribution in [1.29, 1.82) is 0 Å². The zero-order chi connectivity index (χ0) is 34.4. The maximum atomic E-state index is 5.32. The fourth-order valence-corrected chi connectivity index (χ4v) is 7.10. The third-order valence-corrected chi connectivity index (χ3v) is 9.68. The largest absolute Gasteiger partial charge is 0.248 e. The quantitative estimate of drug-likeness (QED) is 0.171. The number of rotatable bonds is 5. The van der Waals surface area contributed by atoms with Crippen molar-refractivity contribution in [3.05, 3.63) is 176 Å². The van der Waals surface area contributed by atoms with Crippen molar-refractivity contribution < 1.29 is 0 Å². The van der Waals surface area contributed by atoms with E-state index in [1.807, 2.05) is 66.7 Å². The summed E-state index contributed by atoms with van der Waals surface area (Å²) in [5.74, 6) is 1.87. The van der Waals surface area contributed by atoms with Crippen LogP contribution >= 0.6 is 0 Å². The van der Waals surface area contributed by atoms with E-state index >= 15 is 0 Å². The summed E-state index contributed by atoms with van der Waals surface area (Å²) in [4.78, 5) is 25.4. The molecule has 5 heteroatoms. The SMILES string of the molecule is c1ccc(-c2nc(-c3ccccc3)nc(-c3ccc4nc(-c5ccccc5)c5c6ccc(-c7ccc8ccccc8c7)nc6ccc5c4c3)n2)cc1. The lowest BCUT2D eigenvalue weighted by Gasteiger charge is -2.14. The van der Waals surface area contributed by atoms with Crippen molar-refractivity contribution >= 4 is 43.4 Å². The lowest BCUT2D eigenvalue weighted by molar-refractivity contribution is 1.07. The summed E-state index contributed by atoms with van der Waals surface area (Å²) in [6, 6.07) is 60.4. The van der Waals surface area contributed by atoms with Gasteiger partial charge in [-0.05, 0) is 58.6 Å². The van der Waals surface area contributed by atoms with Gasteiger partial charge in [0.15, 0.2) is 17.5 Å². The Morgan fingerprint density at radius 1 is 0.288 bits per heavy atom. The van der Waals surface area contributed by atoms with Crippen molar-refractivity contribution in [2.24, 2.45) is 0 Å². The molecule has 0 fully saturated rings. The average Bonchev–Trinajstić information content (AvgIpc) is 3.23. The second-order valence-electron chi connectivity index (χ2n) is 12.9. The van der Waals surface area contributed by atoms with E-state index in [2.05, 4.69) is 109 Å². The van der Waals surface area contributed by atoms with E-state index in [0.29, 0.717) is 17.5 Å². The minimum absolute atomic E-state index is 0.609. The Kier molecular flexibility index (Phi) is 7.07. The maximum Gasteiger partial charge on any atom is 0.164 e. The van der Waals surface area contributed by atoms with Crippen LogP contribution in [-0.2, 0) is 0 Å². The summed E-state index contributed by atoms with van der Waals surface area (Å²) in [5.41, 5.74) is 8.60. The van der Waals surface area contributed by atoms with E-state index in [0.717, 1.165) is 71.8 Å². The number of benzene rings is 7. The first-order chi connectivity index (χ1) is 25.7. The maximum absolute atomic E-state index is 5.32. The van der Waals surface area contributed by atoms with Gasteiger partial charge in [0.05, 0.1) is 22.4 Å². The zero-order valence-electron chi connectivity index (χ0n) is 28.0. The summed E-state index contributed by atoms with van der Waals surface area (Å²) in [6.45, 7) is 0. The summed E-state index contributed by atoms with van der Waals surface area (Å²) in [5, 5.41) is 6.65. The fraction of sp³-hybridized carbons (Fsp3) is 0. The van der Waals surface area contributed by atoms with Gasteiger partial charge in [-0.25, -0.2) is 24.9 Å². The lowest BCUT2D eigenvalue weighted by Crippen LogP contribution is -2.00. The molecule has 242 valence electrons. The molecule has 0 N–H and O–H groups in total. The van der Waals surface area contributed by atoms with Crippen LogP contribution in [0.1, 0.15) is 0 Å². The molecular formula is C47H29N5. The topological polar surface area (TPSA) is 64.5 Å². The number of fused-ring (bicyclic) bond motifs is 6. The molecule has 0 radical (unpaired) electrons. The molecule has 3 aromatic heterocycles. The van der Waals surface area contributed by atoms with Crippen LogP contribution in [0, 0.1) is 0 Å². The Hall–Kier alpha value is -7.11. The molecule has 0 atom stereocenters. The van der Waals surface area contributed by atoms with Crippen molar-refractivity contribution in [2.45, 2.75) is 0 Å². The molecule has 10 rings (SSSR count). The highest BCUT2D eigenvalue weighted by Crippen LogP contribution is 2.39. The number of hydrogen-bond donors (Lipinski definition) is 0. The third-order valence-electron chi connectivity index (χ3n) is 9.68.